The van der Waals surface area contributed by atoms with Crippen LogP contribution in [0.15, 0.2) is 36.9 Å². The van der Waals surface area contributed by atoms with Crippen molar-refractivity contribution in [3.05, 3.63) is 54.0 Å². The normalized spacial score (nSPS) is 11.0. The fraction of sp³-hybridized carbons (Fsp3) is 0.353. The molecule has 0 atom stereocenters. The number of fused-ring (bicyclic) bond motifs is 1. The van der Waals surface area contributed by atoms with Crippen LogP contribution in [-0.4, -0.2) is 24.8 Å². The monoisotopic (exact) mass is 311 g/mol. The van der Waals surface area contributed by atoms with Crippen LogP contribution in [0.1, 0.15) is 30.4 Å². The molecule has 1 N–H and O–H groups in total. The Hall–Kier alpha value is -2.63. The highest BCUT2D eigenvalue weighted by Crippen LogP contribution is 2.07. The fourth-order valence-corrected chi connectivity index (χ4v) is 2.58. The quantitative estimate of drug-likeness (QED) is 0.758. The first-order valence-corrected chi connectivity index (χ1v) is 7.86. The third-order valence-electron chi connectivity index (χ3n) is 3.83. The average molecular weight is 311 g/mol. The summed E-state index contributed by atoms with van der Waals surface area (Å²) in [4.78, 5) is 20.8. The molecule has 3 heterocycles. The van der Waals surface area contributed by atoms with Crippen LogP contribution in [0.4, 0.5) is 0 Å². The zero-order valence-corrected chi connectivity index (χ0v) is 13.5. The Kier molecular flexibility index (Phi) is 4.41. The average Bonchev–Trinajstić information content (AvgIpc) is 3.16. The van der Waals surface area contributed by atoms with Crippen molar-refractivity contribution in [3.8, 4) is 0 Å². The second-order valence-corrected chi connectivity index (χ2v) is 5.62. The summed E-state index contributed by atoms with van der Waals surface area (Å²) in [5.41, 5.74) is 2.94. The van der Waals surface area contributed by atoms with Crippen LogP contribution in [0.5, 0.6) is 0 Å². The highest BCUT2D eigenvalue weighted by molar-refractivity contribution is 5.75. The Labute approximate surface area is 135 Å². The summed E-state index contributed by atoms with van der Waals surface area (Å²) in [6, 6.07) is 4.06. The second kappa shape index (κ2) is 6.64. The number of amides is 1. The van der Waals surface area contributed by atoms with Crippen LogP contribution in [0.25, 0.3) is 5.65 Å². The maximum Gasteiger partial charge on any atom is 0.222 e. The number of rotatable bonds is 6. The number of imidazole rings is 2. The number of nitrogens with one attached hydrogen (secondary N) is 1. The Bertz CT molecular complexity index is 817. The molecular weight excluding hydrogens is 290 g/mol. The molecular formula is C17H21N5O. The van der Waals surface area contributed by atoms with Crippen molar-refractivity contribution in [2.24, 2.45) is 0 Å². The third-order valence-corrected chi connectivity index (χ3v) is 3.83. The van der Waals surface area contributed by atoms with E-state index in [1.54, 1.807) is 6.20 Å². The van der Waals surface area contributed by atoms with Gasteiger partial charge in [0, 0.05) is 44.2 Å². The number of carbonyl (C=O) groups is 1. The Morgan fingerprint density at radius 3 is 3.04 bits per heavy atom. The molecule has 0 saturated heterocycles. The van der Waals surface area contributed by atoms with Crippen LogP contribution in [-0.2, 0) is 24.3 Å². The Morgan fingerprint density at radius 2 is 2.22 bits per heavy atom. The van der Waals surface area contributed by atoms with Crippen molar-refractivity contribution in [3.63, 3.8) is 0 Å². The fourth-order valence-electron chi connectivity index (χ4n) is 2.58. The largest absolute Gasteiger partial charge is 0.350 e. The van der Waals surface area contributed by atoms with Crippen LogP contribution < -0.4 is 5.32 Å². The molecule has 3 aromatic heterocycles. The van der Waals surface area contributed by atoms with E-state index < -0.39 is 0 Å². The van der Waals surface area contributed by atoms with E-state index in [9.17, 15) is 4.79 Å². The molecule has 120 valence electrons. The van der Waals surface area contributed by atoms with Gasteiger partial charge in [0.25, 0.3) is 0 Å². The van der Waals surface area contributed by atoms with E-state index in [4.69, 9.17) is 0 Å². The predicted octanol–water partition coefficient (Wildman–Crippen LogP) is 2.11. The highest BCUT2D eigenvalue weighted by Gasteiger charge is 2.07. The van der Waals surface area contributed by atoms with Gasteiger partial charge in [-0.15, -0.1) is 0 Å². The molecule has 3 rings (SSSR count). The van der Waals surface area contributed by atoms with Gasteiger partial charge in [0.15, 0.2) is 0 Å². The SMILES string of the molecule is CCc1nccn1CCC(=O)NCc1cn2ccc(C)cc2n1. The summed E-state index contributed by atoms with van der Waals surface area (Å²) in [5.74, 6) is 1.03. The van der Waals surface area contributed by atoms with Gasteiger partial charge in [-0.1, -0.05) is 6.92 Å². The lowest BCUT2D eigenvalue weighted by atomic mass is 10.3. The molecule has 0 bridgehead atoms. The van der Waals surface area contributed by atoms with E-state index in [-0.39, 0.29) is 5.91 Å². The van der Waals surface area contributed by atoms with Crippen LogP contribution >= 0.6 is 0 Å². The van der Waals surface area contributed by atoms with Crippen LogP contribution in [0, 0.1) is 6.92 Å². The number of hydrogen-bond donors (Lipinski definition) is 1. The van der Waals surface area contributed by atoms with Crippen molar-refractivity contribution in [2.75, 3.05) is 0 Å². The van der Waals surface area contributed by atoms with Crippen molar-refractivity contribution < 1.29 is 4.79 Å². The van der Waals surface area contributed by atoms with Crippen LogP contribution in [0.3, 0.4) is 0 Å². The van der Waals surface area contributed by atoms with Crippen molar-refractivity contribution in [2.45, 2.75) is 39.8 Å². The summed E-state index contributed by atoms with van der Waals surface area (Å²) in [6.07, 6.45) is 8.92. The molecule has 23 heavy (non-hydrogen) atoms. The van der Waals surface area contributed by atoms with Gasteiger partial charge < -0.3 is 14.3 Å². The van der Waals surface area contributed by atoms with E-state index in [1.807, 2.05) is 46.6 Å². The van der Waals surface area contributed by atoms with Crippen LogP contribution in [0.2, 0.25) is 0 Å². The molecule has 3 aromatic rings. The van der Waals surface area contributed by atoms with Gasteiger partial charge >= 0.3 is 0 Å². The van der Waals surface area contributed by atoms with Gasteiger partial charge in [0.2, 0.25) is 5.91 Å². The lowest BCUT2D eigenvalue weighted by Gasteiger charge is -2.06. The first-order valence-electron chi connectivity index (χ1n) is 7.86. The topological polar surface area (TPSA) is 64.2 Å². The lowest BCUT2D eigenvalue weighted by Crippen LogP contribution is -2.24. The molecule has 0 saturated carbocycles. The van der Waals surface area contributed by atoms with Gasteiger partial charge in [0.05, 0.1) is 12.2 Å². The van der Waals surface area contributed by atoms with Crippen molar-refractivity contribution in [1.29, 1.82) is 0 Å². The molecule has 6 heteroatoms. The highest BCUT2D eigenvalue weighted by atomic mass is 16.1. The van der Waals surface area contributed by atoms with Gasteiger partial charge in [-0.05, 0) is 24.6 Å². The summed E-state index contributed by atoms with van der Waals surface area (Å²) in [7, 11) is 0. The van der Waals surface area contributed by atoms with Gasteiger partial charge in [-0.25, -0.2) is 9.97 Å². The number of aromatic nitrogens is 4. The van der Waals surface area contributed by atoms with E-state index in [2.05, 4.69) is 22.2 Å². The van der Waals surface area contributed by atoms with Gasteiger partial charge in [0.1, 0.15) is 11.5 Å². The Morgan fingerprint density at radius 1 is 1.35 bits per heavy atom. The summed E-state index contributed by atoms with van der Waals surface area (Å²) in [6.45, 7) is 5.20. The maximum absolute atomic E-state index is 12.0. The van der Waals surface area contributed by atoms with Gasteiger partial charge in [-0.2, -0.15) is 0 Å². The van der Waals surface area contributed by atoms with E-state index >= 15 is 0 Å². The number of hydrogen-bond acceptors (Lipinski definition) is 3. The molecule has 0 aliphatic rings. The number of pyridine rings is 1. The maximum atomic E-state index is 12.0. The van der Waals surface area contributed by atoms with E-state index in [1.165, 1.54) is 5.56 Å². The molecule has 0 unspecified atom stereocenters. The zero-order valence-electron chi connectivity index (χ0n) is 13.5. The molecule has 0 radical (unpaired) electrons. The second-order valence-electron chi connectivity index (χ2n) is 5.62. The minimum atomic E-state index is 0.0222. The standard InChI is InChI=1S/C17H21N5O/c1-3-15-18-6-9-21(15)8-5-17(23)19-11-14-12-22-7-4-13(2)10-16(22)20-14/h4,6-7,9-10,12H,3,5,8,11H2,1-2H3,(H,19,23). The first kappa shape index (κ1) is 15.3. The molecule has 0 spiro atoms. The summed E-state index contributed by atoms with van der Waals surface area (Å²) < 4.78 is 3.99. The molecule has 0 aliphatic heterocycles. The smallest absolute Gasteiger partial charge is 0.222 e. The molecule has 6 nitrogen and oxygen atoms in total. The van der Waals surface area contributed by atoms with Crippen molar-refractivity contribution >= 4 is 11.6 Å². The minimum absolute atomic E-state index is 0.0222. The minimum Gasteiger partial charge on any atom is -0.350 e. The third kappa shape index (κ3) is 3.59. The predicted molar refractivity (Wildman–Crippen MR) is 88.0 cm³/mol. The Balaban J connectivity index is 1.53. The number of carbonyl (C=O) groups excluding carboxylic acids is 1. The zero-order chi connectivity index (χ0) is 16.2. The first-order chi connectivity index (χ1) is 11.2. The molecule has 0 aliphatic carbocycles. The van der Waals surface area contributed by atoms with E-state index in [0.717, 1.165) is 23.6 Å². The number of aryl methyl sites for hydroxylation is 3. The molecule has 1 amide bonds. The van der Waals surface area contributed by atoms with Gasteiger partial charge in [-0.3, -0.25) is 4.79 Å². The van der Waals surface area contributed by atoms with E-state index in [0.29, 0.717) is 19.5 Å². The summed E-state index contributed by atoms with van der Waals surface area (Å²) in [5, 5.41) is 2.93. The number of nitrogens with zero attached hydrogens (tertiary/aromatic N) is 4. The summed E-state index contributed by atoms with van der Waals surface area (Å²) >= 11 is 0. The molecule has 0 aromatic carbocycles. The van der Waals surface area contributed by atoms with Crippen molar-refractivity contribution in [1.82, 2.24) is 24.3 Å². The molecule has 0 fully saturated rings. The lowest BCUT2D eigenvalue weighted by molar-refractivity contribution is -0.121.